The van der Waals surface area contributed by atoms with Crippen molar-refractivity contribution in [2.24, 2.45) is 0 Å². The van der Waals surface area contributed by atoms with Gasteiger partial charge in [0, 0.05) is 6.07 Å². The molecule has 0 aliphatic rings. The molecule has 20 heavy (non-hydrogen) atoms. The number of hydrogen-bond acceptors (Lipinski definition) is 5. The first-order valence-electron chi connectivity index (χ1n) is 6.08. The maximum absolute atomic E-state index is 12.1. The van der Waals surface area contributed by atoms with Gasteiger partial charge in [0.25, 0.3) is 0 Å². The lowest BCUT2D eigenvalue weighted by Crippen LogP contribution is -2.23. The summed E-state index contributed by atoms with van der Waals surface area (Å²) in [7, 11) is -3.61. The minimum absolute atomic E-state index is 0.0430. The first-order valence-corrected chi connectivity index (χ1v) is 7.57. The number of rotatable bonds is 5. The van der Waals surface area contributed by atoms with Crippen LogP contribution in [0.4, 0.5) is 0 Å². The Bertz CT molecular complexity index is 675. The highest BCUT2D eigenvalue weighted by Gasteiger charge is 2.15. The molecule has 7 heteroatoms. The number of hydrogen-bond donors (Lipinski definition) is 2. The van der Waals surface area contributed by atoms with Gasteiger partial charge < -0.3 is 9.63 Å². The van der Waals surface area contributed by atoms with Crippen molar-refractivity contribution in [2.75, 3.05) is 0 Å². The molecule has 108 valence electrons. The molecule has 1 aromatic carbocycles. The first-order chi connectivity index (χ1) is 9.38. The summed E-state index contributed by atoms with van der Waals surface area (Å²) in [5.41, 5.74) is 1.36. The van der Waals surface area contributed by atoms with Crippen molar-refractivity contribution in [3.63, 3.8) is 0 Å². The minimum atomic E-state index is -3.61. The number of aromatic nitrogens is 1. The summed E-state index contributed by atoms with van der Waals surface area (Å²) in [5.74, 6) is 0.451. The Kier molecular flexibility index (Phi) is 4.22. The van der Waals surface area contributed by atoms with Crippen molar-refractivity contribution < 1.29 is 18.0 Å². The largest absolute Gasteiger partial charge is 0.389 e. The molecule has 0 saturated heterocycles. The quantitative estimate of drug-likeness (QED) is 0.872. The van der Waals surface area contributed by atoms with Gasteiger partial charge in [0.2, 0.25) is 10.0 Å². The summed E-state index contributed by atoms with van der Waals surface area (Å²) in [6.07, 6.45) is -0.628. The van der Waals surface area contributed by atoms with Gasteiger partial charge in [-0.25, -0.2) is 13.1 Å². The van der Waals surface area contributed by atoms with Crippen LogP contribution in [-0.4, -0.2) is 18.7 Å². The lowest BCUT2D eigenvalue weighted by atomic mass is 10.1. The molecule has 0 aliphatic heterocycles. The fourth-order valence-corrected chi connectivity index (χ4v) is 2.67. The molecule has 0 fully saturated rings. The topological polar surface area (TPSA) is 92.4 Å². The molecule has 1 heterocycles. The lowest BCUT2D eigenvalue weighted by Gasteiger charge is -2.07. The predicted octanol–water partition coefficient (Wildman–Crippen LogP) is 1.51. The first kappa shape index (κ1) is 14.7. The van der Waals surface area contributed by atoms with Gasteiger partial charge in [0.05, 0.1) is 23.2 Å². The van der Waals surface area contributed by atoms with Gasteiger partial charge in [-0.15, -0.1) is 0 Å². The molecule has 1 unspecified atom stereocenters. The highest BCUT2D eigenvalue weighted by molar-refractivity contribution is 7.89. The predicted molar refractivity (Wildman–Crippen MR) is 72.3 cm³/mol. The Hall–Kier alpha value is -1.70. The third-order valence-electron chi connectivity index (χ3n) is 2.79. The van der Waals surface area contributed by atoms with Crippen molar-refractivity contribution in [1.82, 2.24) is 9.88 Å². The third-order valence-corrected chi connectivity index (χ3v) is 4.20. The van der Waals surface area contributed by atoms with Crippen LogP contribution in [0, 0.1) is 6.92 Å². The molecule has 0 spiro atoms. The van der Waals surface area contributed by atoms with E-state index in [0.29, 0.717) is 17.0 Å². The number of benzene rings is 1. The van der Waals surface area contributed by atoms with E-state index in [1.165, 1.54) is 12.1 Å². The maximum atomic E-state index is 12.1. The fourth-order valence-electron chi connectivity index (χ4n) is 1.67. The zero-order valence-electron chi connectivity index (χ0n) is 11.2. The van der Waals surface area contributed by atoms with Gasteiger partial charge >= 0.3 is 0 Å². The van der Waals surface area contributed by atoms with Crippen LogP contribution in [0.2, 0.25) is 0 Å². The average Bonchev–Trinajstić information content (AvgIpc) is 2.82. The zero-order chi connectivity index (χ0) is 14.8. The third kappa shape index (κ3) is 3.44. The number of nitrogens with one attached hydrogen (secondary N) is 1. The molecule has 0 radical (unpaired) electrons. The second kappa shape index (κ2) is 5.74. The Balaban J connectivity index is 2.09. The molecule has 2 rings (SSSR count). The number of aliphatic hydroxyl groups excluding tert-OH is 1. The minimum Gasteiger partial charge on any atom is -0.389 e. The molecule has 0 bridgehead atoms. The van der Waals surface area contributed by atoms with E-state index >= 15 is 0 Å². The summed E-state index contributed by atoms with van der Waals surface area (Å²) >= 11 is 0. The number of aryl methyl sites for hydroxylation is 1. The average molecular weight is 296 g/mol. The standard InChI is InChI=1S/C13H16N2O4S/c1-9-7-12(19-15-9)8-14-20(17,18)13-5-3-11(4-6-13)10(2)16/h3-7,10,14,16H,8H2,1-2H3. The van der Waals surface area contributed by atoms with Gasteiger partial charge in [-0.05, 0) is 31.5 Å². The summed E-state index contributed by atoms with van der Waals surface area (Å²) in [4.78, 5) is 0.137. The Morgan fingerprint density at radius 2 is 2.00 bits per heavy atom. The molecule has 6 nitrogen and oxygen atoms in total. The summed E-state index contributed by atoms with van der Waals surface area (Å²) in [5, 5.41) is 13.1. The smallest absolute Gasteiger partial charge is 0.240 e. The van der Waals surface area contributed by atoms with Crippen LogP contribution in [0.25, 0.3) is 0 Å². The molecule has 0 saturated carbocycles. The van der Waals surface area contributed by atoms with Crippen LogP contribution in [0.1, 0.15) is 30.0 Å². The van der Waals surface area contributed by atoms with E-state index in [1.807, 2.05) is 0 Å². The van der Waals surface area contributed by atoms with Crippen LogP contribution in [-0.2, 0) is 16.6 Å². The Labute approximate surface area is 117 Å². The summed E-state index contributed by atoms with van der Waals surface area (Å²) < 4.78 is 31.5. The van der Waals surface area contributed by atoms with Gasteiger partial charge in [0.1, 0.15) is 0 Å². The van der Waals surface area contributed by atoms with Gasteiger partial charge in [0.15, 0.2) is 5.76 Å². The Morgan fingerprint density at radius 1 is 1.35 bits per heavy atom. The van der Waals surface area contributed by atoms with Gasteiger partial charge in [-0.3, -0.25) is 0 Å². The van der Waals surface area contributed by atoms with E-state index in [1.54, 1.807) is 32.0 Å². The van der Waals surface area contributed by atoms with Crippen molar-refractivity contribution in [1.29, 1.82) is 0 Å². The molecule has 1 atom stereocenters. The van der Waals surface area contributed by atoms with Crippen LogP contribution in [0.15, 0.2) is 39.8 Å². The summed E-state index contributed by atoms with van der Waals surface area (Å²) in [6, 6.07) is 7.74. The van der Waals surface area contributed by atoms with Crippen LogP contribution in [0.5, 0.6) is 0 Å². The number of nitrogens with zero attached hydrogens (tertiary/aromatic N) is 1. The molecule has 0 aliphatic carbocycles. The highest BCUT2D eigenvalue weighted by atomic mass is 32.2. The fraction of sp³-hybridized carbons (Fsp3) is 0.308. The Morgan fingerprint density at radius 3 is 2.50 bits per heavy atom. The molecular weight excluding hydrogens is 280 g/mol. The van der Waals surface area contributed by atoms with Crippen molar-refractivity contribution in [2.45, 2.75) is 31.4 Å². The second-order valence-electron chi connectivity index (χ2n) is 4.50. The van der Waals surface area contributed by atoms with Gasteiger partial charge in [-0.1, -0.05) is 17.3 Å². The van der Waals surface area contributed by atoms with Crippen molar-refractivity contribution in [3.05, 3.63) is 47.3 Å². The maximum Gasteiger partial charge on any atom is 0.240 e. The van der Waals surface area contributed by atoms with Crippen molar-refractivity contribution >= 4 is 10.0 Å². The number of sulfonamides is 1. The number of aliphatic hydroxyl groups is 1. The zero-order valence-corrected chi connectivity index (χ0v) is 12.0. The van der Waals surface area contributed by atoms with E-state index in [0.717, 1.165) is 0 Å². The second-order valence-corrected chi connectivity index (χ2v) is 6.27. The van der Waals surface area contributed by atoms with E-state index in [2.05, 4.69) is 9.88 Å². The van der Waals surface area contributed by atoms with Gasteiger partial charge in [-0.2, -0.15) is 0 Å². The monoisotopic (exact) mass is 296 g/mol. The molecular formula is C13H16N2O4S. The van der Waals surface area contributed by atoms with E-state index in [-0.39, 0.29) is 11.4 Å². The van der Waals surface area contributed by atoms with Crippen molar-refractivity contribution in [3.8, 4) is 0 Å². The van der Waals surface area contributed by atoms with Crippen LogP contribution in [0.3, 0.4) is 0 Å². The molecule has 2 aromatic rings. The SMILES string of the molecule is Cc1cc(CNS(=O)(=O)c2ccc(C(C)O)cc2)on1. The van der Waals surface area contributed by atoms with E-state index < -0.39 is 16.1 Å². The van der Waals surface area contributed by atoms with E-state index in [9.17, 15) is 13.5 Å². The normalized spacial score (nSPS) is 13.3. The lowest BCUT2D eigenvalue weighted by molar-refractivity contribution is 0.199. The van der Waals surface area contributed by atoms with E-state index in [4.69, 9.17) is 4.52 Å². The van der Waals surface area contributed by atoms with Crippen LogP contribution < -0.4 is 4.72 Å². The molecule has 0 amide bonds. The molecule has 2 N–H and O–H groups in total. The summed E-state index contributed by atoms with van der Waals surface area (Å²) in [6.45, 7) is 3.42. The molecule has 1 aromatic heterocycles. The highest BCUT2D eigenvalue weighted by Crippen LogP contribution is 2.16. The van der Waals surface area contributed by atoms with Crippen LogP contribution >= 0.6 is 0 Å².